The first-order chi connectivity index (χ1) is 18.7. The van der Waals surface area contributed by atoms with Crippen LogP contribution in [0.25, 0.3) is 17.1 Å². The second-order valence-electron chi connectivity index (χ2n) is 8.43. The number of nitrogens with one attached hydrogen (secondary N) is 1. The summed E-state index contributed by atoms with van der Waals surface area (Å²) in [6, 6.07) is 7.06. The molecule has 1 N–H and O–H groups in total. The lowest BCUT2D eigenvalue weighted by Gasteiger charge is -2.23. The van der Waals surface area contributed by atoms with Crippen LogP contribution in [0.4, 0.5) is 5.95 Å². The predicted octanol–water partition coefficient (Wildman–Crippen LogP) is 4.01. The molecule has 4 aromatic rings. The molecule has 12 nitrogen and oxygen atoms in total. The third kappa shape index (κ3) is 5.95. The zero-order valence-electron chi connectivity index (χ0n) is 22.0. The molecule has 0 saturated heterocycles. The largest absolute Gasteiger partial charge is 0.494 e. The zero-order chi connectivity index (χ0) is 28.2. The quantitative estimate of drug-likeness (QED) is 0.279. The fourth-order valence-corrected chi connectivity index (χ4v) is 5.13. The van der Waals surface area contributed by atoms with E-state index in [2.05, 4.69) is 29.9 Å². The third-order valence-electron chi connectivity index (χ3n) is 5.81. The molecule has 0 unspecified atom stereocenters. The first kappa shape index (κ1) is 28.2. The number of aromatic nitrogens is 6. The average Bonchev–Trinajstić information content (AvgIpc) is 3.33. The molecule has 3 aromatic heterocycles. The predicted molar refractivity (Wildman–Crippen MR) is 146 cm³/mol. The number of hydrogen-bond donors (Lipinski definition) is 1. The summed E-state index contributed by atoms with van der Waals surface area (Å²) in [6.07, 6.45) is 5.10. The highest BCUT2D eigenvalue weighted by atomic mass is 35.5. The van der Waals surface area contributed by atoms with Crippen molar-refractivity contribution in [1.29, 1.82) is 0 Å². The van der Waals surface area contributed by atoms with Gasteiger partial charge in [-0.05, 0) is 44.5 Å². The van der Waals surface area contributed by atoms with Crippen molar-refractivity contribution in [3.63, 3.8) is 0 Å². The van der Waals surface area contributed by atoms with E-state index >= 15 is 0 Å². The molecule has 0 aliphatic carbocycles. The number of ether oxygens (including phenoxy) is 3. The Kier molecular flexibility index (Phi) is 8.63. The van der Waals surface area contributed by atoms with Crippen molar-refractivity contribution in [2.75, 3.05) is 25.5 Å². The maximum Gasteiger partial charge on any atom is 0.243 e. The van der Waals surface area contributed by atoms with Gasteiger partial charge in [0.2, 0.25) is 16.0 Å². The highest BCUT2D eigenvalue weighted by Crippen LogP contribution is 2.38. The molecule has 1 aromatic carbocycles. The van der Waals surface area contributed by atoms with Crippen LogP contribution in [0, 0.1) is 6.92 Å². The van der Waals surface area contributed by atoms with Gasteiger partial charge in [0, 0.05) is 37.0 Å². The van der Waals surface area contributed by atoms with Crippen molar-refractivity contribution in [3.05, 3.63) is 65.5 Å². The van der Waals surface area contributed by atoms with Gasteiger partial charge in [0.05, 0.1) is 19.2 Å². The first-order valence-corrected chi connectivity index (χ1v) is 13.8. The number of benzene rings is 1. The summed E-state index contributed by atoms with van der Waals surface area (Å²) in [5.74, 6) is 1.23. The van der Waals surface area contributed by atoms with E-state index in [4.69, 9.17) is 25.8 Å². The summed E-state index contributed by atoms with van der Waals surface area (Å²) in [7, 11) is -1.15. The van der Waals surface area contributed by atoms with Crippen LogP contribution in [-0.2, 0) is 14.8 Å². The van der Waals surface area contributed by atoms with Gasteiger partial charge in [0.1, 0.15) is 28.5 Å². The molecule has 0 aliphatic heterocycles. The van der Waals surface area contributed by atoms with Crippen molar-refractivity contribution < 1.29 is 22.6 Å². The smallest absolute Gasteiger partial charge is 0.243 e. The first-order valence-electron chi connectivity index (χ1n) is 11.9. The number of rotatable bonds is 11. The molecule has 39 heavy (non-hydrogen) atoms. The second-order valence-corrected chi connectivity index (χ2v) is 10.9. The van der Waals surface area contributed by atoms with Gasteiger partial charge in [-0.2, -0.15) is 0 Å². The van der Waals surface area contributed by atoms with Crippen LogP contribution in [0.15, 0.2) is 49.1 Å². The second kappa shape index (κ2) is 11.9. The van der Waals surface area contributed by atoms with Crippen molar-refractivity contribution in [3.8, 4) is 28.6 Å². The van der Waals surface area contributed by atoms with Crippen LogP contribution in [0.2, 0.25) is 5.02 Å². The molecule has 0 radical (unpaired) electrons. The minimum atomic E-state index is -4.15. The van der Waals surface area contributed by atoms with Crippen LogP contribution in [-0.4, -0.2) is 64.2 Å². The van der Waals surface area contributed by atoms with Gasteiger partial charge in [-0.25, -0.2) is 18.4 Å². The van der Waals surface area contributed by atoms with Gasteiger partial charge in [-0.3, -0.25) is 14.3 Å². The topological polar surface area (TPSA) is 143 Å². The molecule has 0 bridgehead atoms. The maximum atomic E-state index is 13.7. The molecule has 0 saturated carbocycles. The fraction of sp³-hybridized carbons (Fsp3) is 0.320. The van der Waals surface area contributed by atoms with Crippen LogP contribution < -0.4 is 14.2 Å². The number of sulfonamides is 1. The van der Waals surface area contributed by atoms with E-state index in [0.717, 1.165) is 5.56 Å². The molecule has 206 valence electrons. The molecule has 0 spiro atoms. The highest BCUT2D eigenvalue weighted by Gasteiger charge is 2.35. The number of aryl methyl sites for hydroxylation is 1. The number of anilines is 1. The lowest BCUT2D eigenvalue weighted by Crippen LogP contribution is -2.34. The average molecular weight is 574 g/mol. The number of halogens is 1. The Hall–Kier alpha value is -3.81. The lowest BCUT2D eigenvalue weighted by molar-refractivity contribution is 0.0558. The summed E-state index contributed by atoms with van der Waals surface area (Å²) < 4.78 is 48.5. The summed E-state index contributed by atoms with van der Waals surface area (Å²) in [4.78, 5) is 12.6. The molecular formula is C25H28ClN7O5S. The Morgan fingerprint density at radius 1 is 1.05 bits per heavy atom. The number of nitrogens with zero attached hydrogens (tertiary/aromatic N) is 6. The van der Waals surface area contributed by atoms with Crippen LogP contribution in [0.1, 0.15) is 31.3 Å². The molecule has 0 fully saturated rings. The van der Waals surface area contributed by atoms with Gasteiger partial charge in [-0.1, -0.05) is 17.7 Å². The van der Waals surface area contributed by atoms with E-state index in [1.807, 2.05) is 13.0 Å². The molecule has 4 rings (SSSR count). The normalized spacial score (nSPS) is 13.1. The Balaban J connectivity index is 1.84. The molecule has 3 heterocycles. The standard InChI is InChI=1S/C25H28ClN7O5S/c1-6-38-22(23-28-13-18(26)14-29-23)16(3)39(34,35)32-25-31-30-24(17-10-15(2)11-27-12-17)33(25)21-19(36-4)8-7-9-20(21)37-5/h7-14,16,22H,6H2,1-5H3,(H,31,32)/t16-,22+/m1/s1. The number of pyridine rings is 1. The summed E-state index contributed by atoms with van der Waals surface area (Å²) >= 11 is 5.92. The van der Waals surface area contributed by atoms with Crippen molar-refractivity contribution in [2.24, 2.45) is 0 Å². The maximum absolute atomic E-state index is 13.7. The monoisotopic (exact) mass is 573 g/mol. The van der Waals surface area contributed by atoms with Crippen molar-refractivity contribution in [1.82, 2.24) is 29.7 Å². The highest BCUT2D eigenvalue weighted by molar-refractivity contribution is 7.93. The minimum absolute atomic E-state index is 0.0894. The molecule has 2 atom stereocenters. The SMILES string of the molecule is CCO[C@H](c1ncc(Cl)cn1)[C@@H](C)S(=O)(=O)Nc1nnc(-c2cncc(C)c2)n1-c1c(OC)cccc1OC. The van der Waals surface area contributed by atoms with Crippen LogP contribution >= 0.6 is 11.6 Å². The van der Waals surface area contributed by atoms with Gasteiger partial charge >= 0.3 is 0 Å². The summed E-state index contributed by atoms with van der Waals surface area (Å²) in [6.45, 7) is 5.37. The molecule has 14 heteroatoms. The van der Waals surface area contributed by atoms with Gasteiger partial charge in [-0.15, -0.1) is 10.2 Å². The Labute approximate surface area is 231 Å². The molecular weight excluding hydrogens is 546 g/mol. The number of methoxy groups -OCH3 is 2. The van der Waals surface area contributed by atoms with E-state index < -0.39 is 21.4 Å². The number of hydrogen-bond acceptors (Lipinski definition) is 10. The van der Waals surface area contributed by atoms with E-state index in [9.17, 15) is 8.42 Å². The number of para-hydroxylation sites is 1. The van der Waals surface area contributed by atoms with E-state index in [-0.39, 0.29) is 18.4 Å². The Morgan fingerprint density at radius 3 is 2.31 bits per heavy atom. The van der Waals surface area contributed by atoms with E-state index in [0.29, 0.717) is 33.6 Å². The minimum Gasteiger partial charge on any atom is -0.494 e. The van der Waals surface area contributed by atoms with Crippen molar-refractivity contribution in [2.45, 2.75) is 32.1 Å². The van der Waals surface area contributed by atoms with E-state index in [1.54, 1.807) is 37.5 Å². The van der Waals surface area contributed by atoms with Gasteiger partial charge < -0.3 is 14.2 Å². The summed E-state index contributed by atoms with van der Waals surface area (Å²) in [5, 5.41) is 7.70. The summed E-state index contributed by atoms with van der Waals surface area (Å²) in [5.41, 5.74) is 1.89. The van der Waals surface area contributed by atoms with Gasteiger partial charge in [0.15, 0.2) is 11.6 Å². The van der Waals surface area contributed by atoms with Crippen LogP contribution in [0.5, 0.6) is 11.5 Å². The Bertz CT molecular complexity index is 1520. The van der Waals surface area contributed by atoms with Crippen molar-refractivity contribution >= 4 is 27.6 Å². The third-order valence-corrected chi connectivity index (χ3v) is 7.70. The fourth-order valence-electron chi connectivity index (χ4n) is 3.93. The lowest BCUT2D eigenvalue weighted by atomic mass is 10.2. The Morgan fingerprint density at radius 2 is 1.72 bits per heavy atom. The van der Waals surface area contributed by atoms with E-state index in [1.165, 1.54) is 38.1 Å². The molecule has 0 amide bonds. The molecule has 0 aliphatic rings. The van der Waals surface area contributed by atoms with Gasteiger partial charge in [0.25, 0.3) is 0 Å². The van der Waals surface area contributed by atoms with Crippen LogP contribution in [0.3, 0.4) is 0 Å². The zero-order valence-corrected chi connectivity index (χ0v) is 23.6.